The number of hydrogen-bond acceptors (Lipinski definition) is 3. The lowest BCUT2D eigenvalue weighted by molar-refractivity contribution is -0.173. The molecule has 1 aliphatic heterocycles. The van der Waals surface area contributed by atoms with Crippen LogP contribution >= 0.6 is 11.6 Å². The van der Waals surface area contributed by atoms with Crippen molar-refractivity contribution in [3.8, 4) is 0 Å². The molecule has 9 heteroatoms. The van der Waals surface area contributed by atoms with Gasteiger partial charge in [-0.25, -0.2) is 0 Å². The van der Waals surface area contributed by atoms with Crippen molar-refractivity contribution in [3.63, 3.8) is 0 Å². The van der Waals surface area contributed by atoms with Gasteiger partial charge in [-0.2, -0.15) is 13.2 Å². The van der Waals surface area contributed by atoms with Crippen LogP contribution in [0.1, 0.15) is 40.1 Å². The molecule has 1 aliphatic rings. The maximum atomic E-state index is 13.7. The zero-order valence-corrected chi connectivity index (χ0v) is 18.6. The fourth-order valence-corrected chi connectivity index (χ4v) is 4.25. The standard InChI is InChI=1S/C24H21ClF3N3O2/c1-15-20(32)11-12-30-21(15)23(33)29(16(2)24(26,27)28)14-31(30)22(17-7-4-3-5-8-17)18-9-6-10-19(25)13-18/h3-13,16,22H,14H2,1-2H3. The number of carbonyl (C=O) groups excluding carboxylic acids is 1. The summed E-state index contributed by atoms with van der Waals surface area (Å²) < 4.78 is 42.6. The van der Waals surface area contributed by atoms with E-state index in [1.165, 1.54) is 23.9 Å². The third-order valence-electron chi connectivity index (χ3n) is 5.88. The van der Waals surface area contributed by atoms with Crippen LogP contribution in [0, 0.1) is 6.92 Å². The molecule has 33 heavy (non-hydrogen) atoms. The summed E-state index contributed by atoms with van der Waals surface area (Å²) in [5, 5.41) is 2.12. The van der Waals surface area contributed by atoms with Gasteiger partial charge in [-0.15, -0.1) is 0 Å². The molecule has 0 saturated heterocycles. The van der Waals surface area contributed by atoms with Crippen LogP contribution in [0.15, 0.2) is 71.7 Å². The van der Waals surface area contributed by atoms with Crippen LogP contribution in [-0.4, -0.2) is 34.4 Å². The number of alkyl halides is 3. The fraction of sp³-hybridized carbons (Fsp3) is 0.250. The van der Waals surface area contributed by atoms with Gasteiger partial charge in [0.25, 0.3) is 5.91 Å². The third kappa shape index (κ3) is 4.23. The number of pyridine rings is 1. The Balaban J connectivity index is 1.96. The molecule has 0 bridgehead atoms. The highest BCUT2D eigenvalue weighted by atomic mass is 35.5. The van der Waals surface area contributed by atoms with Gasteiger partial charge in [-0.05, 0) is 37.1 Å². The molecular formula is C24H21ClF3N3O2. The molecule has 0 radical (unpaired) electrons. The predicted octanol–water partition coefficient (Wildman–Crippen LogP) is 4.90. The molecule has 3 aromatic rings. The Bertz CT molecular complexity index is 1240. The molecule has 2 aromatic carbocycles. The van der Waals surface area contributed by atoms with Crippen molar-refractivity contribution < 1.29 is 18.0 Å². The van der Waals surface area contributed by atoms with E-state index in [0.29, 0.717) is 5.02 Å². The molecule has 5 nitrogen and oxygen atoms in total. The van der Waals surface area contributed by atoms with Crippen LogP contribution < -0.4 is 10.4 Å². The molecule has 2 atom stereocenters. The molecule has 0 saturated carbocycles. The first kappa shape index (κ1) is 22.9. The highest BCUT2D eigenvalue weighted by molar-refractivity contribution is 6.30. The number of amides is 1. The highest BCUT2D eigenvalue weighted by Gasteiger charge is 2.46. The van der Waals surface area contributed by atoms with Gasteiger partial charge in [0, 0.05) is 22.8 Å². The molecule has 0 N–H and O–H groups in total. The molecule has 0 spiro atoms. The summed E-state index contributed by atoms with van der Waals surface area (Å²) in [6.07, 6.45) is -3.20. The van der Waals surface area contributed by atoms with E-state index in [-0.39, 0.29) is 17.9 Å². The van der Waals surface area contributed by atoms with E-state index in [2.05, 4.69) is 0 Å². The second kappa shape index (κ2) is 8.59. The number of carbonyl (C=O) groups is 1. The summed E-state index contributed by atoms with van der Waals surface area (Å²) >= 11 is 6.24. The van der Waals surface area contributed by atoms with E-state index in [4.69, 9.17) is 11.6 Å². The lowest BCUT2D eigenvalue weighted by atomic mass is 9.97. The van der Waals surface area contributed by atoms with Crippen molar-refractivity contribution in [2.45, 2.75) is 32.1 Å². The Morgan fingerprint density at radius 1 is 0.970 bits per heavy atom. The minimum atomic E-state index is -4.63. The number of rotatable bonds is 4. The van der Waals surface area contributed by atoms with Gasteiger partial charge < -0.3 is 4.90 Å². The summed E-state index contributed by atoms with van der Waals surface area (Å²) in [6, 6.07) is 14.9. The van der Waals surface area contributed by atoms with Gasteiger partial charge in [-0.1, -0.05) is 54.1 Å². The van der Waals surface area contributed by atoms with Crippen molar-refractivity contribution in [2.24, 2.45) is 0 Å². The van der Waals surface area contributed by atoms with Crippen LogP contribution in [0.3, 0.4) is 0 Å². The Kier molecular flexibility index (Phi) is 5.97. The number of fused-ring (bicyclic) bond motifs is 1. The van der Waals surface area contributed by atoms with E-state index in [0.717, 1.165) is 23.0 Å². The second-order valence-corrected chi connectivity index (χ2v) is 8.38. The van der Waals surface area contributed by atoms with E-state index < -0.39 is 29.6 Å². The van der Waals surface area contributed by atoms with E-state index in [1.807, 2.05) is 36.4 Å². The van der Waals surface area contributed by atoms with Crippen molar-refractivity contribution in [1.82, 2.24) is 9.58 Å². The number of nitrogens with zero attached hydrogens (tertiary/aromatic N) is 3. The zero-order chi connectivity index (χ0) is 23.9. The van der Waals surface area contributed by atoms with Gasteiger partial charge in [0.05, 0.1) is 6.04 Å². The molecule has 172 valence electrons. The van der Waals surface area contributed by atoms with Crippen LogP contribution in [0.2, 0.25) is 5.02 Å². The van der Waals surface area contributed by atoms with Crippen molar-refractivity contribution in [3.05, 3.63) is 104 Å². The molecule has 0 fully saturated rings. The molecule has 2 heterocycles. The lowest BCUT2D eigenvalue weighted by Crippen LogP contribution is -2.60. The van der Waals surface area contributed by atoms with Crippen LogP contribution in [0.5, 0.6) is 0 Å². The maximum absolute atomic E-state index is 13.7. The van der Waals surface area contributed by atoms with Gasteiger partial charge in [-0.3, -0.25) is 19.3 Å². The normalized spacial score (nSPS) is 15.9. The maximum Gasteiger partial charge on any atom is 0.408 e. The minimum Gasteiger partial charge on any atom is -0.306 e. The largest absolute Gasteiger partial charge is 0.408 e. The Labute approximate surface area is 193 Å². The SMILES string of the molecule is Cc1c2n(ccc1=O)N(C(c1ccccc1)c1cccc(Cl)c1)CN(C(C)C(F)(F)F)C2=O. The fourth-order valence-electron chi connectivity index (χ4n) is 4.05. The van der Waals surface area contributed by atoms with Crippen molar-refractivity contribution >= 4 is 17.5 Å². The summed E-state index contributed by atoms with van der Waals surface area (Å²) in [7, 11) is 0. The average molecular weight is 476 g/mol. The predicted molar refractivity (Wildman–Crippen MR) is 120 cm³/mol. The third-order valence-corrected chi connectivity index (χ3v) is 6.11. The first-order chi connectivity index (χ1) is 15.6. The second-order valence-electron chi connectivity index (χ2n) is 7.94. The van der Waals surface area contributed by atoms with Crippen molar-refractivity contribution in [2.75, 3.05) is 11.7 Å². The minimum absolute atomic E-state index is 0.0875. The Morgan fingerprint density at radius 2 is 1.64 bits per heavy atom. The molecule has 1 amide bonds. The summed E-state index contributed by atoms with van der Waals surface area (Å²) in [6.45, 7) is 2.04. The van der Waals surface area contributed by atoms with Crippen LogP contribution in [-0.2, 0) is 0 Å². The number of halogens is 4. The average Bonchev–Trinajstić information content (AvgIpc) is 2.77. The number of aromatic nitrogens is 1. The van der Waals surface area contributed by atoms with Crippen LogP contribution in [0.25, 0.3) is 0 Å². The topological polar surface area (TPSA) is 45.6 Å². The summed E-state index contributed by atoms with van der Waals surface area (Å²) in [5.74, 6) is -0.843. The monoisotopic (exact) mass is 475 g/mol. The number of hydrogen-bond donors (Lipinski definition) is 0. The molecular weight excluding hydrogens is 455 g/mol. The van der Waals surface area contributed by atoms with Crippen LogP contribution in [0.4, 0.5) is 13.2 Å². The van der Waals surface area contributed by atoms with Gasteiger partial charge in [0.15, 0.2) is 5.43 Å². The smallest absolute Gasteiger partial charge is 0.306 e. The molecule has 2 unspecified atom stereocenters. The Hall–Kier alpha value is -3.26. The molecule has 4 rings (SSSR count). The zero-order valence-electron chi connectivity index (χ0n) is 17.9. The number of benzene rings is 2. The van der Waals surface area contributed by atoms with Gasteiger partial charge in [0.2, 0.25) is 0 Å². The highest BCUT2D eigenvalue weighted by Crippen LogP contribution is 2.34. The first-order valence-corrected chi connectivity index (χ1v) is 10.6. The molecule has 0 aliphatic carbocycles. The summed E-state index contributed by atoms with van der Waals surface area (Å²) in [5.41, 5.74) is 1.09. The van der Waals surface area contributed by atoms with Gasteiger partial charge in [0.1, 0.15) is 18.4 Å². The molecule has 1 aromatic heterocycles. The van der Waals surface area contributed by atoms with Crippen molar-refractivity contribution in [1.29, 1.82) is 0 Å². The first-order valence-electron chi connectivity index (χ1n) is 10.3. The van der Waals surface area contributed by atoms with E-state index in [9.17, 15) is 22.8 Å². The summed E-state index contributed by atoms with van der Waals surface area (Å²) in [4.78, 5) is 26.3. The van der Waals surface area contributed by atoms with E-state index in [1.54, 1.807) is 23.2 Å². The Morgan fingerprint density at radius 3 is 2.27 bits per heavy atom. The quantitative estimate of drug-likeness (QED) is 0.539. The lowest BCUT2D eigenvalue weighted by Gasteiger charge is -2.46. The van der Waals surface area contributed by atoms with E-state index >= 15 is 0 Å². The van der Waals surface area contributed by atoms with Gasteiger partial charge >= 0.3 is 6.18 Å².